The SMILES string of the molecule is CCCNC(c1cc(F)c(F)cc1F)C1CCCC1C. The molecule has 1 fully saturated rings. The van der Waals surface area contributed by atoms with Crippen molar-refractivity contribution < 1.29 is 13.2 Å². The highest BCUT2D eigenvalue weighted by molar-refractivity contribution is 5.24. The number of nitrogens with one attached hydrogen (secondary N) is 1. The van der Waals surface area contributed by atoms with E-state index in [1.54, 1.807) is 0 Å². The Labute approximate surface area is 118 Å². The van der Waals surface area contributed by atoms with E-state index in [1.807, 2.05) is 6.92 Å². The molecular formula is C16H22F3N. The van der Waals surface area contributed by atoms with Gasteiger partial charge in [-0.3, -0.25) is 0 Å². The van der Waals surface area contributed by atoms with Crippen molar-refractivity contribution in [2.45, 2.75) is 45.6 Å². The summed E-state index contributed by atoms with van der Waals surface area (Å²) in [4.78, 5) is 0. The molecule has 112 valence electrons. The first kappa shape index (κ1) is 15.4. The molecular weight excluding hydrogens is 263 g/mol. The van der Waals surface area contributed by atoms with Gasteiger partial charge in [0.05, 0.1) is 0 Å². The fraction of sp³-hybridized carbons (Fsp3) is 0.625. The fourth-order valence-electron chi connectivity index (χ4n) is 3.24. The van der Waals surface area contributed by atoms with Crippen LogP contribution in [0.25, 0.3) is 0 Å². The molecule has 1 aromatic rings. The summed E-state index contributed by atoms with van der Waals surface area (Å²) in [5.74, 6) is -2.01. The van der Waals surface area contributed by atoms with Crippen molar-refractivity contribution in [3.8, 4) is 0 Å². The van der Waals surface area contributed by atoms with E-state index in [4.69, 9.17) is 0 Å². The molecule has 4 heteroatoms. The lowest BCUT2D eigenvalue weighted by Crippen LogP contribution is -2.31. The molecule has 0 aromatic heterocycles. The van der Waals surface area contributed by atoms with Gasteiger partial charge in [0.1, 0.15) is 5.82 Å². The highest BCUT2D eigenvalue weighted by atomic mass is 19.2. The van der Waals surface area contributed by atoms with E-state index >= 15 is 0 Å². The van der Waals surface area contributed by atoms with Crippen LogP contribution in [-0.4, -0.2) is 6.54 Å². The zero-order valence-corrected chi connectivity index (χ0v) is 12.1. The Morgan fingerprint density at radius 1 is 1.15 bits per heavy atom. The van der Waals surface area contributed by atoms with E-state index in [1.165, 1.54) is 0 Å². The van der Waals surface area contributed by atoms with Crippen molar-refractivity contribution in [2.24, 2.45) is 11.8 Å². The van der Waals surface area contributed by atoms with Crippen molar-refractivity contribution in [1.29, 1.82) is 0 Å². The number of hydrogen-bond donors (Lipinski definition) is 1. The first-order valence-electron chi connectivity index (χ1n) is 7.42. The summed E-state index contributed by atoms with van der Waals surface area (Å²) in [6.45, 7) is 4.92. The molecule has 0 spiro atoms. The second kappa shape index (κ2) is 6.61. The van der Waals surface area contributed by atoms with Crippen molar-refractivity contribution >= 4 is 0 Å². The molecule has 3 atom stereocenters. The Kier molecular flexibility index (Phi) is 5.08. The molecule has 20 heavy (non-hydrogen) atoms. The highest BCUT2D eigenvalue weighted by Gasteiger charge is 2.33. The van der Waals surface area contributed by atoms with Crippen LogP contribution in [0.15, 0.2) is 12.1 Å². The van der Waals surface area contributed by atoms with Crippen LogP contribution >= 0.6 is 0 Å². The molecule has 1 N–H and O–H groups in total. The Morgan fingerprint density at radius 3 is 2.45 bits per heavy atom. The van der Waals surface area contributed by atoms with E-state index in [2.05, 4.69) is 12.2 Å². The second-order valence-electron chi connectivity index (χ2n) is 5.79. The minimum atomic E-state index is -1.13. The third kappa shape index (κ3) is 3.17. The maximum Gasteiger partial charge on any atom is 0.161 e. The molecule has 0 amide bonds. The lowest BCUT2D eigenvalue weighted by Gasteiger charge is -2.29. The van der Waals surface area contributed by atoms with E-state index < -0.39 is 17.5 Å². The molecule has 0 radical (unpaired) electrons. The average molecular weight is 285 g/mol. The maximum atomic E-state index is 14.0. The molecule has 2 rings (SSSR count). The summed E-state index contributed by atoms with van der Waals surface area (Å²) in [5.41, 5.74) is 0.260. The Hall–Kier alpha value is -1.03. The number of benzene rings is 1. The minimum absolute atomic E-state index is 0.234. The summed E-state index contributed by atoms with van der Waals surface area (Å²) < 4.78 is 40.6. The van der Waals surface area contributed by atoms with Crippen LogP contribution < -0.4 is 5.32 Å². The Morgan fingerprint density at radius 2 is 1.85 bits per heavy atom. The van der Waals surface area contributed by atoms with Crippen LogP contribution in [0.5, 0.6) is 0 Å². The first-order valence-corrected chi connectivity index (χ1v) is 7.42. The lowest BCUT2D eigenvalue weighted by molar-refractivity contribution is 0.294. The minimum Gasteiger partial charge on any atom is -0.310 e. The first-order chi connectivity index (χ1) is 9.54. The molecule has 0 aliphatic heterocycles. The molecule has 0 saturated heterocycles. The third-order valence-electron chi connectivity index (χ3n) is 4.34. The van der Waals surface area contributed by atoms with Gasteiger partial charge in [-0.15, -0.1) is 0 Å². The van der Waals surface area contributed by atoms with Gasteiger partial charge in [-0.25, -0.2) is 13.2 Å². The molecule has 1 saturated carbocycles. The second-order valence-corrected chi connectivity index (χ2v) is 5.79. The zero-order valence-electron chi connectivity index (χ0n) is 12.1. The van der Waals surface area contributed by atoms with Gasteiger partial charge in [-0.2, -0.15) is 0 Å². The largest absolute Gasteiger partial charge is 0.310 e. The molecule has 1 nitrogen and oxygen atoms in total. The van der Waals surface area contributed by atoms with Gasteiger partial charge in [-0.1, -0.05) is 26.7 Å². The van der Waals surface area contributed by atoms with Gasteiger partial charge >= 0.3 is 0 Å². The van der Waals surface area contributed by atoms with Gasteiger partial charge in [0, 0.05) is 17.7 Å². The maximum absolute atomic E-state index is 14.0. The highest BCUT2D eigenvalue weighted by Crippen LogP contribution is 2.41. The van der Waals surface area contributed by atoms with Crippen LogP contribution in [0, 0.1) is 29.3 Å². The fourth-order valence-corrected chi connectivity index (χ4v) is 3.24. The number of halogens is 3. The number of hydrogen-bond acceptors (Lipinski definition) is 1. The molecule has 3 unspecified atom stereocenters. The summed E-state index contributed by atoms with van der Waals surface area (Å²) in [7, 11) is 0. The predicted molar refractivity (Wildman–Crippen MR) is 73.9 cm³/mol. The summed E-state index contributed by atoms with van der Waals surface area (Å²) in [5, 5.41) is 3.32. The summed E-state index contributed by atoms with van der Waals surface area (Å²) in [6.07, 6.45) is 4.14. The topological polar surface area (TPSA) is 12.0 Å². The van der Waals surface area contributed by atoms with Gasteiger partial charge < -0.3 is 5.32 Å². The van der Waals surface area contributed by atoms with Gasteiger partial charge in [0.25, 0.3) is 0 Å². The molecule has 1 aliphatic carbocycles. The van der Waals surface area contributed by atoms with Crippen molar-refractivity contribution in [3.63, 3.8) is 0 Å². The van der Waals surface area contributed by atoms with Crippen molar-refractivity contribution in [2.75, 3.05) is 6.54 Å². The van der Waals surface area contributed by atoms with E-state index in [0.717, 1.165) is 38.3 Å². The van der Waals surface area contributed by atoms with E-state index in [0.29, 0.717) is 12.0 Å². The van der Waals surface area contributed by atoms with Crippen LogP contribution in [0.3, 0.4) is 0 Å². The molecule has 0 bridgehead atoms. The summed E-state index contributed by atoms with van der Waals surface area (Å²) in [6, 6.07) is 1.44. The Balaban J connectivity index is 2.32. The van der Waals surface area contributed by atoms with Gasteiger partial charge in [0.2, 0.25) is 0 Å². The monoisotopic (exact) mass is 285 g/mol. The predicted octanol–water partition coefficient (Wildman–Crippen LogP) is 4.58. The van der Waals surface area contributed by atoms with Crippen LogP contribution in [0.4, 0.5) is 13.2 Å². The molecule has 0 heterocycles. The smallest absolute Gasteiger partial charge is 0.161 e. The molecule has 1 aromatic carbocycles. The zero-order chi connectivity index (χ0) is 14.7. The van der Waals surface area contributed by atoms with E-state index in [9.17, 15) is 13.2 Å². The molecule has 1 aliphatic rings. The van der Waals surface area contributed by atoms with Crippen LogP contribution in [-0.2, 0) is 0 Å². The van der Waals surface area contributed by atoms with E-state index in [-0.39, 0.29) is 17.5 Å². The number of rotatable bonds is 5. The standard InChI is InChI=1S/C16H22F3N/c1-3-7-20-16(11-6-4-5-10(11)2)12-8-14(18)15(19)9-13(12)17/h8-11,16,20H,3-7H2,1-2H3. The van der Waals surface area contributed by atoms with Gasteiger partial charge in [0.15, 0.2) is 11.6 Å². The summed E-state index contributed by atoms with van der Waals surface area (Å²) >= 11 is 0. The average Bonchev–Trinajstić information content (AvgIpc) is 2.82. The van der Waals surface area contributed by atoms with Crippen molar-refractivity contribution in [3.05, 3.63) is 35.1 Å². The normalized spacial score (nSPS) is 24.1. The lowest BCUT2D eigenvalue weighted by atomic mass is 9.85. The third-order valence-corrected chi connectivity index (χ3v) is 4.34. The van der Waals surface area contributed by atoms with Gasteiger partial charge in [-0.05, 0) is 37.3 Å². The Bertz CT molecular complexity index is 461. The van der Waals surface area contributed by atoms with Crippen LogP contribution in [0.2, 0.25) is 0 Å². The van der Waals surface area contributed by atoms with Crippen LogP contribution in [0.1, 0.15) is 51.1 Å². The van der Waals surface area contributed by atoms with Crippen molar-refractivity contribution in [1.82, 2.24) is 5.32 Å². The quantitative estimate of drug-likeness (QED) is 0.781.